The Labute approximate surface area is 123 Å². The molecule has 2 aromatic rings. The zero-order valence-electron chi connectivity index (χ0n) is 11.9. The molecule has 3 nitrogen and oxygen atoms in total. The number of nitrogen functional groups attached to an aromatic ring is 1. The van der Waals surface area contributed by atoms with Crippen molar-refractivity contribution in [3.05, 3.63) is 58.4 Å². The van der Waals surface area contributed by atoms with Crippen LogP contribution in [0, 0.1) is 24.1 Å². The molecule has 0 unspecified atom stereocenters. The van der Waals surface area contributed by atoms with E-state index in [1.165, 1.54) is 17.7 Å². The second-order valence-corrected chi connectivity index (χ2v) is 5.43. The minimum atomic E-state index is -0.275. The van der Waals surface area contributed by atoms with Crippen molar-refractivity contribution in [2.75, 3.05) is 17.2 Å². The predicted octanol–water partition coefficient (Wildman–Crippen LogP) is 3.15. The van der Waals surface area contributed by atoms with Crippen molar-refractivity contribution in [2.45, 2.75) is 19.9 Å². The van der Waals surface area contributed by atoms with Crippen LogP contribution >= 0.6 is 0 Å². The van der Waals surface area contributed by atoms with Crippen molar-refractivity contribution < 1.29 is 4.39 Å². The SMILES string of the molecule is Cc1cc2c(cc1N)N(Cc1cc(C#N)ccc1F)CC2. The molecule has 0 aliphatic carbocycles. The van der Waals surface area contributed by atoms with E-state index in [0.29, 0.717) is 17.7 Å². The average molecular weight is 281 g/mol. The number of halogens is 1. The minimum absolute atomic E-state index is 0.275. The Kier molecular flexibility index (Phi) is 3.26. The molecule has 0 aromatic heterocycles. The maximum atomic E-state index is 13.9. The van der Waals surface area contributed by atoms with Gasteiger partial charge in [0.05, 0.1) is 11.6 Å². The third-order valence-electron chi connectivity index (χ3n) is 4.00. The van der Waals surface area contributed by atoms with Gasteiger partial charge in [-0.3, -0.25) is 0 Å². The molecule has 0 saturated carbocycles. The molecular formula is C17H16FN3. The quantitative estimate of drug-likeness (QED) is 0.860. The summed E-state index contributed by atoms with van der Waals surface area (Å²) in [7, 11) is 0. The lowest BCUT2D eigenvalue weighted by Crippen LogP contribution is -2.20. The molecule has 1 aliphatic heterocycles. The number of nitriles is 1. The molecule has 0 bridgehead atoms. The molecule has 106 valence electrons. The highest BCUT2D eigenvalue weighted by atomic mass is 19.1. The maximum absolute atomic E-state index is 13.9. The number of benzene rings is 2. The van der Waals surface area contributed by atoms with Crippen molar-refractivity contribution >= 4 is 11.4 Å². The van der Waals surface area contributed by atoms with Crippen molar-refractivity contribution in [2.24, 2.45) is 0 Å². The molecule has 1 aliphatic rings. The Bertz CT molecular complexity index is 746. The number of fused-ring (bicyclic) bond motifs is 1. The first-order chi connectivity index (χ1) is 10.1. The molecule has 0 atom stereocenters. The first-order valence-corrected chi connectivity index (χ1v) is 6.91. The summed E-state index contributed by atoms with van der Waals surface area (Å²) in [5.74, 6) is -0.275. The summed E-state index contributed by atoms with van der Waals surface area (Å²) in [6.07, 6.45) is 0.940. The van der Waals surface area contributed by atoms with Crippen molar-refractivity contribution in [1.82, 2.24) is 0 Å². The van der Waals surface area contributed by atoms with Gasteiger partial charge in [-0.05, 0) is 48.7 Å². The Morgan fingerprint density at radius 2 is 2.14 bits per heavy atom. The number of hydrogen-bond acceptors (Lipinski definition) is 3. The number of nitrogens with zero attached hydrogens (tertiary/aromatic N) is 2. The number of nitrogens with two attached hydrogens (primary N) is 1. The van der Waals surface area contributed by atoms with Gasteiger partial charge in [-0.25, -0.2) is 4.39 Å². The smallest absolute Gasteiger partial charge is 0.128 e. The highest BCUT2D eigenvalue weighted by molar-refractivity contribution is 5.67. The summed E-state index contributed by atoms with van der Waals surface area (Å²) in [6.45, 7) is 3.29. The van der Waals surface area contributed by atoms with E-state index in [2.05, 4.69) is 17.0 Å². The van der Waals surface area contributed by atoms with Gasteiger partial charge in [0.1, 0.15) is 5.82 Å². The van der Waals surface area contributed by atoms with Gasteiger partial charge in [0.25, 0.3) is 0 Å². The topological polar surface area (TPSA) is 53.0 Å². The van der Waals surface area contributed by atoms with Gasteiger partial charge in [0.15, 0.2) is 0 Å². The van der Waals surface area contributed by atoms with E-state index in [0.717, 1.165) is 29.9 Å². The van der Waals surface area contributed by atoms with Gasteiger partial charge in [-0.1, -0.05) is 6.07 Å². The zero-order valence-corrected chi connectivity index (χ0v) is 11.9. The fourth-order valence-corrected chi connectivity index (χ4v) is 2.78. The van der Waals surface area contributed by atoms with Gasteiger partial charge in [0, 0.05) is 30.0 Å². The Morgan fingerprint density at radius 1 is 1.33 bits per heavy atom. The van der Waals surface area contributed by atoms with Gasteiger partial charge in [0.2, 0.25) is 0 Å². The lowest BCUT2D eigenvalue weighted by atomic mass is 10.1. The second-order valence-electron chi connectivity index (χ2n) is 5.43. The van der Waals surface area contributed by atoms with Crippen LogP contribution in [0.4, 0.5) is 15.8 Å². The van der Waals surface area contributed by atoms with E-state index in [1.54, 1.807) is 6.07 Å². The van der Waals surface area contributed by atoms with Crippen LogP contribution in [0.25, 0.3) is 0 Å². The van der Waals surface area contributed by atoms with Crippen molar-refractivity contribution in [3.8, 4) is 6.07 Å². The lowest BCUT2D eigenvalue weighted by molar-refractivity contribution is 0.605. The van der Waals surface area contributed by atoms with E-state index < -0.39 is 0 Å². The standard InChI is InChI=1S/C17H16FN3/c1-11-6-13-4-5-21(17(13)8-16(11)20)10-14-7-12(9-19)2-3-15(14)18/h2-3,6-8H,4-5,10,20H2,1H3. The summed E-state index contributed by atoms with van der Waals surface area (Å²) >= 11 is 0. The minimum Gasteiger partial charge on any atom is -0.398 e. The van der Waals surface area contributed by atoms with E-state index >= 15 is 0 Å². The van der Waals surface area contributed by atoms with Gasteiger partial charge in [-0.15, -0.1) is 0 Å². The molecule has 0 amide bonds. The zero-order chi connectivity index (χ0) is 15.0. The van der Waals surface area contributed by atoms with Crippen LogP contribution < -0.4 is 10.6 Å². The lowest BCUT2D eigenvalue weighted by Gasteiger charge is -2.20. The molecule has 1 heterocycles. The van der Waals surface area contributed by atoms with Crippen LogP contribution in [0.5, 0.6) is 0 Å². The van der Waals surface area contributed by atoms with Gasteiger partial charge >= 0.3 is 0 Å². The number of anilines is 2. The molecule has 21 heavy (non-hydrogen) atoms. The van der Waals surface area contributed by atoms with E-state index in [4.69, 9.17) is 11.0 Å². The number of hydrogen-bond donors (Lipinski definition) is 1. The van der Waals surface area contributed by atoms with Crippen LogP contribution in [0.3, 0.4) is 0 Å². The normalized spacial score (nSPS) is 13.1. The molecule has 4 heteroatoms. The Morgan fingerprint density at radius 3 is 2.90 bits per heavy atom. The Hall–Kier alpha value is -2.54. The highest BCUT2D eigenvalue weighted by Crippen LogP contribution is 2.33. The monoisotopic (exact) mass is 281 g/mol. The van der Waals surface area contributed by atoms with Crippen LogP contribution in [0.2, 0.25) is 0 Å². The van der Waals surface area contributed by atoms with E-state index in [9.17, 15) is 4.39 Å². The van der Waals surface area contributed by atoms with Crippen molar-refractivity contribution in [3.63, 3.8) is 0 Å². The van der Waals surface area contributed by atoms with Crippen LogP contribution in [-0.4, -0.2) is 6.54 Å². The molecule has 0 radical (unpaired) electrons. The largest absolute Gasteiger partial charge is 0.398 e. The summed E-state index contributed by atoms with van der Waals surface area (Å²) in [5, 5.41) is 8.94. The molecule has 0 fully saturated rings. The van der Waals surface area contributed by atoms with Crippen molar-refractivity contribution in [1.29, 1.82) is 5.26 Å². The fraction of sp³-hybridized carbons (Fsp3) is 0.235. The molecule has 2 N–H and O–H groups in total. The molecule has 0 saturated heterocycles. The molecule has 2 aromatic carbocycles. The Balaban J connectivity index is 1.92. The number of aryl methyl sites for hydroxylation is 1. The first-order valence-electron chi connectivity index (χ1n) is 6.91. The number of rotatable bonds is 2. The third kappa shape index (κ3) is 2.43. The maximum Gasteiger partial charge on any atom is 0.128 e. The summed E-state index contributed by atoms with van der Waals surface area (Å²) in [6, 6.07) is 10.6. The van der Waals surface area contributed by atoms with E-state index in [-0.39, 0.29) is 5.82 Å². The summed E-state index contributed by atoms with van der Waals surface area (Å²) < 4.78 is 13.9. The first kappa shape index (κ1) is 13.4. The van der Waals surface area contributed by atoms with Crippen LogP contribution in [-0.2, 0) is 13.0 Å². The fourth-order valence-electron chi connectivity index (χ4n) is 2.78. The third-order valence-corrected chi connectivity index (χ3v) is 4.00. The average Bonchev–Trinajstić information content (AvgIpc) is 2.84. The molecular weight excluding hydrogens is 265 g/mol. The molecule has 3 rings (SSSR count). The van der Waals surface area contributed by atoms with E-state index in [1.807, 2.05) is 13.0 Å². The van der Waals surface area contributed by atoms with Gasteiger partial charge < -0.3 is 10.6 Å². The predicted molar refractivity (Wildman–Crippen MR) is 81.5 cm³/mol. The van der Waals surface area contributed by atoms with Crippen LogP contribution in [0.1, 0.15) is 22.3 Å². The summed E-state index contributed by atoms with van der Waals surface area (Å²) in [4.78, 5) is 2.12. The molecule has 0 spiro atoms. The van der Waals surface area contributed by atoms with Gasteiger partial charge in [-0.2, -0.15) is 5.26 Å². The summed E-state index contributed by atoms with van der Waals surface area (Å²) in [5.41, 5.74) is 11.2. The second kappa shape index (κ2) is 5.10. The van der Waals surface area contributed by atoms with Crippen LogP contribution in [0.15, 0.2) is 30.3 Å². The highest BCUT2D eigenvalue weighted by Gasteiger charge is 2.21.